The summed E-state index contributed by atoms with van der Waals surface area (Å²) in [5.74, 6) is 0.975. The Hall–Kier alpha value is -1.60. The van der Waals surface area contributed by atoms with Crippen LogP contribution in [-0.2, 0) is 17.5 Å². The Morgan fingerprint density at radius 2 is 1.93 bits per heavy atom. The standard InChI is InChI=1S/C21H30F3N3O/c1-3-4-18(25)20(28)26(2)19-10-7-15-12-27(13-17(15)19)11-14-5-8-16(9-6-14)21(22,23)24/h5-6,8-9,15,17-19H,3-4,7,10-13,25H2,1-2H3/t15-,17+,18+,19+/m1/s1. The molecule has 1 saturated carbocycles. The second kappa shape index (κ2) is 8.41. The van der Waals surface area contributed by atoms with Gasteiger partial charge in [-0.3, -0.25) is 9.69 Å². The van der Waals surface area contributed by atoms with Crippen molar-refractivity contribution in [3.63, 3.8) is 0 Å². The third-order valence-electron chi connectivity index (χ3n) is 6.34. The summed E-state index contributed by atoms with van der Waals surface area (Å²) in [5, 5.41) is 0. The lowest BCUT2D eigenvalue weighted by atomic mass is 9.96. The molecule has 1 aromatic carbocycles. The van der Waals surface area contributed by atoms with E-state index in [1.54, 1.807) is 12.1 Å². The highest BCUT2D eigenvalue weighted by molar-refractivity contribution is 5.81. The molecule has 3 rings (SSSR count). The van der Waals surface area contributed by atoms with Gasteiger partial charge in [0.1, 0.15) is 0 Å². The SMILES string of the molecule is CCC[C@H](N)C(=O)N(C)[C@H]1CC[C@@H]2CN(Cc3ccc(C(F)(F)F)cc3)C[C@@H]21. The second-order valence-electron chi connectivity index (χ2n) is 8.30. The Kier molecular flexibility index (Phi) is 6.34. The summed E-state index contributed by atoms with van der Waals surface area (Å²) in [6.45, 7) is 4.47. The number of likely N-dealkylation sites (N-methyl/N-ethyl adjacent to an activating group) is 1. The van der Waals surface area contributed by atoms with Gasteiger partial charge in [-0.25, -0.2) is 0 Å². The summed E-state index contributed by atoms with van der Waals surface area (Å²) in [7, 11) is 1.86. The molecule has 1 aromatic rings. The molecule has 0 spiro atoms. The molecular formula is C21H30F3N3O. The molecule has 4 atom stereocenters. The van der Waals surface area contributed by atoms with Crippen LogP contribution in [0.2, 0.25) is 0 Å². The molecule has 2 N–H and O–H groups in total. The molecule has 1 aliphatic heterocycles. The molecule has 2 fully saturated rings. The number of amides is 1. The molecule has 1 heterocycles. The van der Waals surface area contributed by atoms with E-state index < -0.39 is 17.8 Å². The maximum Gasteiger partial charge on any atom is 0.416 e. The molecular weight excluding hydrogens is 367 g/mol. The van der Waals surface area contributed by atoms with Gasteiger partial charge in [0.2, 0.25) is 5.91 Å². The zero-order chi connectivity index (χ0) is 20.5. The largest absolute Gasteiger partial charge is 0.416 e. The molecule has 0 unspecified atom stereocenters. The van der Waals surface area contributed by atoms with Crippen molar-refractivity contribution in [3.05, 3.63) is 35.4 Å². The maximum absolute atomic E-state index is 12.7. The van der Waals surface area contributed by atoms with Crippen LogP contribution in [0.5, 0.6) is 0 Å². The zero-order valence-corrected chi connectivity index (χ0v) is 16.6. The van der Waals surface area contributed by atoms with Gasteiger partial charge in [-0.2, -0.15) is 13.2 Å². The average Bonchev–Trinajstić information content (AvgIpc) is 3.20. The van der Waals surface area contributed by atoms with E-state index in [9.17, 15) is 18.0 Å². The number of rotatable bonds is 6. The summed E-state index contributed by atoms with van der Waals surface area (Å²) in [6.07, 6.45) is -0.626. The summed E-state index contributed by atoms with van der Waals surface area (Å²) in [5.41, 5.74) is 6.30. The van der Waals surface area contributed by atoms with Gasteiger partial charge in [0, 0.05) is 32.7 Å². The molecule has 0 radical (unpaired) electrons. The van der Waals surface area contributed by atoms with Gasteiger partial charge >= 0.3 is 6.18 Å². The highest BCUT2D eigenvalue weighted by atomic mass is 19.4. The minimum absolute atomic E-state index is 0.0219. The van der Waals surface area contributed by atoms with Crippen LogP contribution in [0.4, 0.5) is 13.2 Å². The number of benzene rings is 1. The van der Waals surface area contributed by atoms with Gasteiger partial charge in [-0.15, -0.1) is 0 Å². The summed E-state index contributed by atoms with van der Waals surface area (Å²) < 4.78 is 38.2. The molecule has 0 bridgehead atoms. The van der Waals surface area contributed by atoms with E-state index in [2.05, 4.69) is 4.90 Å². The number of hydrogen-bond donors (Lipinski definition) is 1. The molecule has 4 nitrogen and oxygen atoms in total. The summed E-state index contributed by atoms with van der Waals surface area (Å²) in [6, 6.07) is 5.20. The molecule has 2 aliphatic rings. The fourth-order valence-corrected chi connectivity index (χ4v) is 4.86. The Balaban J connectivity index is 1.59. The van der Waals surface area contributed by atoms with Crippen LogP contribution in [0.1, 0.15) is 43.7 Å². The van der Waals surface area contributed by atoms with Crippen molar-refractivity contribution in [1.82, 2.24) is 9.80 Å². The van der Waals surface area contributed by atoms with Crippen molar-refractivity contribution < 1.29 is 18.0 Å². The van der Waals surface area contributed by atoms with Crippen molar-refractivity contribution in [2.24, 2.45) is 17.6 Å². The van der Waals surface area contributed by atoms with Crippen LogP contribution >= 0.6 is 0 Å². The van der Waals surface area contributed by atoms with Crippen LogP contribution < -0.4 is 5.73 Å². The van der Waals surface area contributed by atoms with Crippen molar-refractivity contribution in [3.8, 4) is 0 Å². The molecule has 0 aromatic heterocycles. The van der Waals surface area contributed by atoms with Crippen molar-refractivity contribution in [1.29, 1.82) is 0 Å². The number of carbonyl (C=O) groups is 1. The molecule has 1 amide bonds. The number of nitrogens with zero attached hydrogens (tertiary/aromatic N) is 2. The Bertz CT molecular complexity index is 676. The lowest BCUT2D eigenvalue weighted by Crippen LogP contribution is -2.48. The van der Waals surface area contributed by atoms with Crippen LogP contribution in [-0.4, -0.2) is 47.9 Å². The summed E-state index contributed by atoms with van der Waals surface area (Å²) in [4.78, 5) is 16.7. The monoisotopic (exact) mass is 397 g/mol. The number of hydrogen-bond acceptors (Lipinski definition) is 3. The topological polar surface area (TPSA) is 49.6 Å². The number of fused-ring (bicyclic) bond motifs is 1. The maximum atomic E-state index is 12.7. The normalized spacial score (nSPS) is 26.3. The molecule has 1 aliphatic carbocycles. The van der Waals surface area contributed by atoms with E-state index in [0.717, 1.165) is 50.0 Å². The van der Waals surface area contributed by atoms with Crippen molar-refractivity contribution >= 4 is 5.91 Å². The Morgan fingerprint density at radius 1 is 1.25 bits per heavy atom. The van der Waals surface area contributed by atoms with E-state index in [-0.39, 0.29) is 11.9 Å². The number of alkyl halides is 3. The van der Waals surface area contributed by atoms with Crippen LogP contribution in [0.3, 0.4) is 0 Å². The van der Waals surface area contributed by atoms with Gasteiger partial charge in [-0.1, -0.05) is 25.5 Å². The fraction of sp³-hybridized carbons (Fsp3) is 0.667. The lowest BCUT2D eigenvalue weighted by molar-refractivity contribution is -0.137. The predicted octanol–water partition coefficient (Wildman–Crippen LogP) is 3.50. The highest BCUT2D eigenvalue weighted by Gasteiger charge is 2.45. The van der Waals surface area contributed by atoms with Gasteiger partial charge in [0.05, 0.1) is 11.6 Å². The quantitative estimate of drug-likeness (QED) is 0.799. The molecule has 1 saturated heterocycles. The highest BCUT2D eigenvalue weighted by Crippen LogP contribution is 2.41. The van der Waals surface area contributed by atoms with Crippen LogP contribution in [0.25, 0.3) is 0 Å². The first-order valence-corrected chi connectivity index (χ1v) is 10.1. The predicted molar refractivity (Wildman–Crippen MR) is 102 cm³/mol. The molecule has 156 valence electrons. The zero-order valence-electron chi connectivity index (χ0n) is 16.6. The van der Waals surface area contributed by atoms with E-state index in [1.807, 2.05) is 18.9 Å². The lowest BCUT2D eigenvalue weighted by Gasteiger charge is -2.31. The Morgan fingerprint density at radius 3 is 2.54 bits per heavy atom. The number of nitrogens with two attached hydrogens (primary N) is 1. The van der Waals surface area contributed by atoms with Gasteiger partial charge < -0.3 is 10.6 Å². The fourth-order valence-electron chi connectivity index (χ4n) is 4.86. The summed E-state index contributed by atoms with van der Waals surface area (Å²) >= 11 is 0. The van der Waals surface area contributed by atoms with Crippen molar-refractivity contribution in [2.75, 3.05) is 20.1 Å². The first-order chi connectivity index (χ1) is 13.2. The number of halogens is 3. The van der Waals surface area contributed by atoms with E-state index in [1.165, 1.54) is 0 Å². The third-order valence-corrected chi connectivity index (χ3v) is 6.34. The van der Waals surface area contributed by atoms with E-state index >= 15 is 0 Å². The third kappa shape index (κ3) is 4.51. The van der Waals surface area contributed by atoms with Gasteiger partial charge in [-0.05, 0) is 48.8 Å². The second-order valence-corrected chi connectivity index (χ2v) is 8.30. The van der Waals surface area contributed by atoms with Gasteiger partial charge in [0.15, 0.2) is 0 Å². The first-order valence-electron chi connectivity index (χ1n) is 10.1. The Labute approximate surface area is 164 Å². The van der Waals surface area contributed by atoms with Crippen LogP contribution in [0.15, 0.2) is 24.3 Å². The number of likely N-dealkylation sites (tertiary alicyclic amines) is 1. The van der Waals surface area contributed by atoms with Gasteiger partial charge in [0.25, 0.3) is 0 Å². The van der Waals surface area contributed by atoms with Crippen LogP contribution in [0, 0.1) is 11.8 Å². The average molecular weight is 397 g/mol. The van der Waals surface area contributed by atoms with E-state index in [0.29, 0.717) is 24.8 Å². The molecule has 28 heavy (non-hydrogen) atoms. The minimum Gasteiger partial charge on any atom is -0.341 e. The first kappa shape index (κ1) is 21.1. The van der Waals surface area contributed by atoms with E-state index in [4.69, 9.17) is 5.73 Å². The molecule has 7 heteroatoms. The number of carbonyl (C=O) groups excluding carboxylic acids is 1. The van der Waals surface area contributed by atoms with Crippen molar-refractivity contribution in [2.45, 2.75) is 57.4 Å². The minimum atomic E-state index is -4.30. The smallest absolute Gasteiger partial charge is 0.341 e.